The normalized spacial score (nSPS) is 14.3. The number of fused-ring (bicyclic) bond motifs is 1. The van der Waals surface area contributed by atoms with Gasteiger partial charge in [0.25, 0.3) is 10.1 Å². The van der Waals surface area contributed by atoms with Crippen LogP contribution >= 0.6 is 0 Å². The van der Waals surface area contributed by atoms with E-state index in [0.717, 1.165) is 18.4 Å². The van der Waals surface area contributed by atoms with Crippen LogP contribution in [0.15, 0.2) is 71.6 Å². The lowest BCUT2D eigenvalue weighted by Gasteiger charge is -2.17. The van der Waals surface area contributed by atoms with Crippen molar-refractivity contribution in [2.24, 2.45) is 0 Å². The van der Waals surface area contributed by atoms with Crippen molar-refractivity contribution in [2.75, 3.05) is 0 Å². The molecule has 3 rings (SSSR count). The van der Waals surface area contributed by atoms with E-state index in [-0.39, 0.29) is 4.90 Å². The standard InChI is InChI=1S/C22H24O3S/c1-16(18-11-13-22(14-12-18)26(23,24)25)7-8-17(2)20-10-9-19-5-3-4-6-21(19)15-20/h3-6,9-17H,7-8H2,1-2H3,(H,23,24,25). The van der Waals surface area contributed by atoms with Crippen LogP contribution < -0.4 is 0 Å². The molecular weight excluding hydrogens is 344 g/mol. The largest absolute Gasteiger partial charge is 0.294 e. The van der Waals surface area contributed by atoms with Crippen molar-refractivity contribution in [3.63, 3.8) is 0 Å². The summed E-state index contributed by atoms with van der Waals surface area (Å²) in [6, 6.07) is 21.6. The van der Waals surface area contributed by atoms with Crippen LogP contribution in [0.3, 0.4) is 0 Å². The molecule has 0 amide bonds. The van der Waals surface area contributed by atoms with Gasteiger partial charge in [0.05, 0.1) is 4.90 Å². The molecule has 0 aliphatic heterocycles. The van der Waals surface area contributed by atoms with Gasteiger partial charge in [0.1, 0.15) is 0 Å². The van der Waals surface area contributed by atoms with Crippen LogP contribution in [0.2, 0.25) is 0 Å². The average Bonchev–Trinajstić information content (AvgIpc) is 2.64. The molecule has 0 spiro atoms. The highest BCUT2D eigenvalue weighted by molar-refractivity contribution is 7.85. The molecule has 3 aromatic rings. The molecule has 0 saturated heterocycles. The fourth-order valence-electron chi connectivity index (χ4n) is 3.32. The molecule has 0 saturated carbocycles. The second kappa shape index (κ2) is 7.60. The summed E-state index contributed by atoms with van der Waals surface area (Å²) < 4.78 is 31.3. The smallest absolute Gasteiger partial charge is 0.282 e. The summed E-state index contributed by atoms with van der Waals surface area (Å²) in [5.41, 5.74) is 2.43. The van der Waals surface area contributed by atoms with Crippen molar-refractivity contribution < 1.29 is 13.0 Å². The van der Waals surface area contributed by atoms with Crippen molar-refractivity contribution in [1.29, 1.82) is 0 Å². The zero-order chi connectivity index (χ0) is 18.7. The van der Waals surface area contributed by atoms with Crippen molar-refractivity contribution in [3.8, 4) is 0 Å². The quantitative estimate of drug-likeness (QED) is 0.562. The van der Waals surface area contributed by atoms with Crippen LogP contribution in [-0.4, -0.2) is 13.0 Å². The zero-order valence-electron chi connectivity index (χ0n) is 15.1. The molecular formula is C22H24O3S. The fraction of sp³-hybridized carbons (Fsp3) is 0.273. The highest BCUT2D eigenvalue weighted by Gasteiger charge is 2.13. The summed E-state index contributed by atoms with van der Waals surface area (Å²) in [6.45, 7) is 4.40. The van der Waals surface area contributed by atoms with E-state index in [9.17, 15) is 8.42 Å². The van der Waals surface area contributed by atoms with E-state index in [1.165, 1.54) is 28.5 Å². The van der Waals surface area contributed by atoms with Crippen LogP contribution in [0, 0.1) is 0 Å². The summed E-state index contributed by atoms with van der Waals surface area (Å²) in [5.74, 6) is 0.785. The Bertz CT molecular complexity index is 991. The molecule has 0 radical (unpaired) electrons. The number of benzene rings is 3. The molecule has 2 unspecified atom stereocenters. The molecule has 3 aromatic carbocycles. The van der Waals surface area contributed by atoms with Crippen molar-refractivity contribution in [2.45, 2.75) is 43.4 Å². The van der Waals surface area contributed by atoms with Crippen LogP contribution in [0.4, 0.5) is 0 Å². The highest BCUT2D eigenvalue weighted by atomic mass is 32.2. The maximum atomic E-state index is 11.1. The molecule has 136 valence electrons. The van der Waals surface area contributed by atoms with Gasteiger partial charge < -0.3 is 0 Å². The Morgan fingerprint density at radius 1 is 0.769 bits per heavy atom. The van der Waals surface area contributed by atoms with Crippen LogP contribution in [-0.2, 0) is 10.1 Å². The number of rotatable bonds is 6. The SMILES string of the molecule is CC(CCC(C)c1ccc2ccccc2c1)c1ccc(S(=O)(=O)O)cc1. The van der Waals surface area contributed by atoms with Gasteiger partial charge >= 0.3 is 0 Å². The summed E-state index contributed by atoms with van der Waals surface area (Å²) in [7, 11) is -4.13. The summed E-state index contributed by atoms with van der Waals surface area (Å²) in [4.78, 5) is -0.0574. The minimum Gasteiger partial charge on any atom is -0.282 e. The Kier molecular flexibility index (Phi) is 5.44. The van der Waals surface area contributed by atoms with Gasteiger partial charge in [-0.15, -0.1) is 0 Å². The van der Waals surface area contributed by atoms with E-state index in [1.54, 1.807) is 12.1 Å². The second-order valence-electron chi connectivity index (χ2n) is 7.03. The Morgan fingerprint density at radius 2 is 1.31 bits per heavy atom. The lowest BCUT2D eigenvalue weighted by Crippen LogP contribution is -2.01. The third-order valence-electron chi connectivity index (χ3n) is 5.12. The van der Waals surface area contributed by atoms with E-state index in [1.807, 2.05) is 0 Å². The van der Waals surface area contributed by atoms with Crippen molar-refractivity contribution in [3.05, 3.63) is 77.9 Å². The first-order valence-corrected chi connectivity index (χ1v) is 10.3. The van der Waals surface area contributed by atoms with Gasteiger partial charge in [0, 0.05) is 0 Å². The molecule has 1 N–H and O–H groups in total. The topological polar surface area (TPSA) is 54.4 Å². The first kappa shape index (κ1) is 18.6. The van der Waals surface area contributed by atoms with E-state index >= 15 is 0 Å². The molecule has 4 heteroatoms. The summed E-state index contributed by atoms with van der Waals surface area (Å²) in [6.07, 6.45) is 2.07. The van der Waals surface area contributed by atoms with Gasteiger partial charge in [0.2, 0.25) is 0 Å². The van der Waals surface area contributed by atoms with Gasteiger partial charge in [-0.2, -0.15) is 8.42 Å². The Hall–Kier alpha value is -2.17. The Balaban J connectivity index is 1.65. The fourth-order valence-corrected chi connectivity index (χ4v) is 3.80. The van der Waals surface area contributed by atoms with Gasteiger partial charge in [-0.1, -0.05) is 68.4 Å². The third-order valence-corrected chi connectivity index (χ3v) is 5.99. The zero-order valence-corrected chi connectivity index (χ0v) is 15.9. The molecule has 0 aliphatic carbocycles. The molecule has 2 atom stereocenters. The third kappa shape index (κ3) is 4.32. The van der Waals surface area contributed by atoms with E-state index < -0.39 is 10.1 Å². The van der Waals surface area contributed by atoms with Crippen LogP contribution in [0.5, 0.6) is 0 Å². The van der Waals surface area contributed by atoms with Gasteiger partial charge in [-0.05, 0) is 58.7 Å². The van der Waals surface area contributed by atoms with E-state index in [0.29, 0.717) is 11.8 Å². The Labute approximate surface area is 155 Å². The van der Waals surface area contributed by atoms with Crippen molar-refractivity contribution >= 4 is 20.9 Å². The van der Waals surface area contributed by atoms with Gasteiger partial charge in [-0.25, -0.2) is 0 Å². The molecule has 3 nitrogen and oxygen atoms in total. The first-order chi connectivity index (χ1) is 12.3. The van der Waals surface area contributed by atoms with E-state index in [4.69, 9.17) is 4.55 Å². The first-order valence-electron chi connectivity index (χ1n) is 8.91. The average molecular weight is 368 g/mol. The highest BCUT2D eigenvalue weighted by Crippen LogP contribution is 2.29. The van der Waals surface area contributed by atoms with Crippen LogP contribution in [0.1, 0.15) is 49.7 Å². The Morgan fingerprint density at radius 3 is 1.92 bits per heavy atom. The minimum absolute atomic E-state index is 0.0574. The second-order valence-corrected chi connectivity index (χ2v) is 8.45. The lowest BCUT2D eigenvalue weighted by molar-refractivity contribution is 0.483. The maximum Gasteiger partial charge on any atom is 0.294 e. The molecule has 26 heavy (non-hydrogen) atoms. The van der Waals surface area contributed by atoms with Gasteiger partial charge in [-0.3, -0.25) is 4.55 Å². The van der Waals surface area contributed by atoms with E-state index in [2.05, 4.69) is 56.3 Å². The number of hydrogen-bond acceptors (Lipinski definition) is 2. The molecule has 0 aliphatic rings. The molecule has 0 aromatic heterocycles. The summed E-state index contributed by atoms with van der Waals surface area (Å²) >= 11 is 0. The number of hydrogen-bond donors (Lipinski definition) is 1. The lowest BCUT2D eigenvalue weighted by atomic mass is 9.88. The monoisotopic (exact) mass is 368 g/mol. The van der Waals surface area contributed by atoms with Crippen molar-refractivity contribution in [1.82, 2.24) is 0 Å². The maximum absolute atomic E-state index is 11.1. The molecule has 0 heterocycles. The predicted molar refractivity (Wildman–Crippen MR) is 106 cm³/mol. The van der Waals surface area contributed by atoms with Gasteiger partial charge in [0.15, 0.2) is 0 Å². The minimum atomic E-state index is -4.13. The predicted octanol–water partition coefficient (Wildman–Crippen LogP) is 5.77. The molecule has 0 fully saturated rings. The summed E-state index contributed by atoms with van der Waals surface area (Å²) in [5, 5.41) is 2.53. The van der Waals surface area contributed by atoms with Crippen LogP contribution in [0.25, 0.3) is 10.8 Å². The molecule has 0 bridgehead atoms.